The molecule has 0 nitrogen and oxygen atoms in total. The van der Waals surface area contributed by atoms with Gasteiger partial charge >= 0.3 is 6.43 Å². The number of rotatable bonds is 0. The van der Waals surface area contributed by atoms with Crippen LogP contribution in [0.5, 0.6) is 0 Å². The third-order valence-electron chi connectivity index (χ3n) is 0.218. The van der Waals surface area contributed by atoms with Crippen LogP contribution in [-0.4, -0.2) is 6.43 Å². The van der Waals surface area contributed by atoms with Crippen molar-refractivity contribution in [3.8, 4) is 0 Å². The fourth-order valence-electron chi connectivity index (χ4n) is 0. The zero-order valence-corrected chi connectivity index (χ0v) is 4.85. The summed E-state index contributed by atoms with van der Waals surface area (Å²) in [5.74, 6) is 0. The molecule has 0 heterocycles. The van der Waals surface area contributed by atoms with Crippen LogP contribution in [0.3, 0.4) is 0 Å². The SMILES string of the molecule is CC=C(F)F.FC(F)(F)F. The maximum Gasteiger partial charge on any atom is 0.559 e. The number of hydrogen-bond acceptors (Lipinski definition) is 0. The molecule has 0 amide bonds. The molecule has 0 saturated carbocycles. The molecule has 0 aliphatic heterocycles. The Kier molecular flexibility index (Phi) is 6.18. The lowest BCUT2D eigenvalue weighted by molar-refractivity contribution is -0.237. The first-order valence-corrected chi connectivity index (χ1v) is 2.00. The molecule has 0 spiro atoms. The van der Waals surface area contributed by atoms with E-state index < -0.39 is 12.5 Å². The van der Waals surface area contributed by atoms with Crippen LogP contribution in [-0.2, 0) is 0 Å². The zero-order chi connectivity index (χ0) is 8.78. The van der Waals surface area contributed by atoms with Gasteiger partial charge in [0.2, 0.25) is 0 Å². The summed E-state index contributed by atoms with van der Waals surface area (Å²) in [6.45, 7) is 1.29. The van der Waals surface area contributed by atoms with Gasteiger partial charge in [-0.3, -0.25) is 0 Å². The average molecular weight is 166 g/mol. The molecule has 0 aliphatic rings. The van der Waals surface area contributed by atoms with Gasteiger partial charge in [-0.1, -0.05) is 0 Å². The summed E-state index contributed by atoms with van der Waals surface area (Å²) in [6, 6.07) is 0. The van der Waals surface area contributed by atoms with Crippen molar-refractivity contribution in [2.45, 2.75) is 13.4 Å². The highest BCUT2D eigenvalue weighted by atomic mass is 19.5. The number of allylic oxidation sites excluding steroid dienone is 1. The van der Waals surface area contributed by atoms with Gasteiger partial charge in [0.05, 0.1) is 0 Å². The normalized spacial score (nSPS) is 9.50. The molecule has 0 bridgehead atoms. The molecule has 62 valence electrons. The second kappa shape index (κ2) is 5.13. The van der Waals surface area contributed by atoms with Crippen molar-refractivity contribution < 1.29 is 26.3 Å². The molecule has 0 atom stereocenters. The highest BCUT2D eigenvalue weighted by Gasteiger charge is 2.24. The smallest absolute Gasteiger partial charge is 0.174 e. The summed E-state index contributed by atoms with van der Waals surface area (Å²) in [7, 11) is 0. The first-order valence-electron chi connectivity index (χ1n) is 2.00. The van der Waals surface area contributed by atoms with Crippen LogP contribution >= 0.6 is 0 Å². The Bertz CT molecular complexity index is 90.8. The van der Waals surface area contributed by atoms with Crippen LogP contribution in [0.15, 0.2) is 12.2 Å². The van der Waals surface area contributed by atoms with Gasteiger partial charge in [0.25, 0.3) is 6.08 Å². The quantitative estimate of drug-likeness (QED) is 0.484. The van der Waals surface area contributed by atoms with Crippen LogP contribution in [0.4, 0.5) is 26.3 Å². The Morgan fingerprint density at radius 2 is 1.20 bits per heavy atom. The first-order chi connectivity index (χ1) is 4.27. The van der Waals surface area contributed by atoms with E-state index >= 15 is 0 Å². The Morgan fingerprint density at radius 1 is 1.10 bits per heavy atom. The summed E-state index contributed by atoms with van der Waals surface area (Å²) < 4.78 is 60.0. The predicted octanol–water partition coefficient (Wildman–Crippen LogP) is 3.26. The maximum absolute atomic E-state index is 10.6. The molecule has 0 aromatic heterocycles. The summed E-state index contributed by atoms with van der Waals surface area (Å²) in [5.41, 5.74) is 0. The maximum atomic E-state index is 10.6. The molecule has 6 heteroatoms. The van der Waals surface area contributed by atoms with E-state index in [4.69, 9.17) is 0 Å². The molecule has 0 saturated heterocycles. The molecule has 0 rings (SSSR count). The molecule has 0 aromatic rings. The number of halogens is 6. The predicted molar refractivity (Wildman–Crippen MR) is 23.1 cm³/mol. The Labute approximate surface area is 53.1 Å². The van der Waals surface area contributed by atoms with E-state index in [0.29, 0.717) is 0 Å². The van der Waals surface area contributed by atoms with Gasteiger partial charge in [0, 0.05) is 0 Å². The summed E-state index contributed by atoms with van der Waals surface area (Å²) >= 11 is 0. The molecule has 0 aliphatic carbocycles. The molecule has 0 radical (unpaired) electrons. The minimum absolute atomic E-state index is 0.750. The molecule has 0 aromatic carbocycles. The number of alkyl halides is 4. The van der Waals surface area contributed by atoms with E-state index in [-0.39, 0.29) is 0 Å². The second-order valence-corrected chi connectivity index (χ2v) is 1.01. The fraction of sp³-hybridized carbons (Fsp3) is 0.500. The van der Waals surface area contributed by atoms with Gasteiger partial charge in [-0.05, 0) is 13.0 Å². The summed E-state index contributed by atoms with van der Waals surface area (Å²) in [6.07, 6.45) is -6.37. The lowest BCUT2D eigenvalue weighted by Gasteiger charge is -1.82. The van der Waals surface area contributed by atoms with Crippen LogP contribution in [0.1, 0.15) is 6.92 Å². The van der Waals surface area contributed by atoms with E-state index in [1.54, 1.807) is 0 Å². The van der Waals surface area contributed by atoms with Crippen molar-refractivity contribution in [3.05, 3.63) is 12.2 Å². The minimum atomic E-state index is -5.50. The van der Waals surface area contributed by atoms with E-state index in [2.05, 4.69) is 0 Å². The topological polar surface area (TPSA) is 0 Å². The van der Waals surface area contributed by atoms with Gasteiger partial charge < -0.3 is 0 Å². The van der Waals surface area contributed by atoms with Gasteiger partial charge in [0.1, 0.15) is 0 Å². The van der Waals surface area contributed by atoms with E-state index in [0.717, 1.165) is 6.08 Å². The standard InChI is InChI=1S/C3H4F2.CF4/c1-2-3(4)5;2-1(3,4)5/h2H,1H3;. The van der Waals surface area contributed by atoms with Gasteiger partial charge in [-0.25, -0.2) is 0 Å². The van der Waals surface area contributed by atoms with Crippen molar-refractivity contribution in [2.24, 2.45) is 0 Å². The zero-order valence-electron chi connectivity index (χ0n) is 4.85. The van der Waals surface area contributed by atoms with Crippen molar-refractivity contribution in [2.75, 3.05) is 0 Å². The Hall–Kier alpha value is -0.680. The van der Waals surface area contributed by atoms with Crippen LogP contribution < -0.4 is 0 Å². The van der Waals surface area contributed by atoms with E-state index in [1.165, 1.54) is 6.92 Å². The van der Waals surface area contributed by atoms with Gasteiger partial charge in [-0.15, -0.1) is 17.6 Å². The molecular weight excluding hydrogens is 162 g/mol. The molecule has 0 N–H and O–H groups in total. The average Bonchev–Trinajstić information content (AvgIpc) is 1.61. The number of hydrogen-bond donors (Lipinski definition) is 0. The summed E-state index contributed by atoms with van der Waals surface area (Å²) in [4.78, 5) is 0. The lowest BCUT2D eigenvalue weighted by Crippen LogP contribution is -1.92. The largest absolute Gasteiger partial charge is 0.559 e. The van der Waals surface area contributed by atoms with Crippen molar-refractivity contribution in [1.29, 1.82) is 0 Å². The Balaban J connectivity index is 0. The molecule has 0 fully saturated rings. The van der Waals surface area contributed by atoms with Crippen molar-refractivity contribution in [1.82, 2.24) is 0 Å². The van der Waals surface area contributed by atoms with Gasteiger partial charge in [0.15, 0.2) is 0 Å². The van der Waals surface area contributed by atoms with Gasteiger partial charge in [-0.2, -0.15) is 8.78 Å². The highest BCUT2D eigenvalue weighted by molar-refractivity contribution is 4.72. The molecule has 0 unspecified atom stereocenters. The summed E-state index contributed by atoms with van der Waals surface area (Å²) in [5, 5.41) is 0. The minimum Gasteiger partial charge on any atom is -0.174 e. The molecular formula is C4H4F6. The first kappa shape index (κ1) is 12.0. The van der Waals surface area contributed by atoms with Crippen molar-refractivity contribution >= 4 is 0 Å². The Morgan fingerprint density at radius 3 is 1.20 bits per heavy atom. The third kappa shape index (κ3) is 168. The van der Waals surface area contributed by atoms with Crippen LogP contribution in [0.25, 0.3) is 0 Å². The molecule has 10 heavy (non-hydrogen) atoms. The van der Waals surface area contributed by atoms with Crippen LogP contribution in [0.2, 0.25) is 0 Å². The van der Waals surface area contributed by atoms with Crippen LogP contribution in [0, 0.1) is 0 Å². The van der Waals surface area contributed by atoms with E-state index in [1.807, 2.05) is 0 Å². The second-order valence-electron chi connectivity index (χ2n) is 1.01. The van der Waals surface area contributed by atoms with E-state index in [9.17, 15) is 26.3 Å². The third-order valence-corrected chi connectivity index (χ3v) is 0.218. The van der Waals surface area contributed by atoms with Crippen molar-refractivity contribution in [3.63, 3.8) is 0 Å². The fourth-order valence-corrected chi connectivity index (χ4v) is 0. The lowest BCUT2D eigenvalue weighted by atomic mass is 10.7. The monoisotopic (exact) mass is 166 g/mol. The highest BCUT2D eigenvalue weighted by Crippen LogP contribution is 2.13.